The molecule has 0 saturated heterocycles. The van der Waals surface area contributed by atoms with Gasteiger partial charge in [0.15, 0.2) is 0 Å². The van der Waals surface area contributed by atoms with E-state index in [2.05, 4.69) is 5.32 Å². The summed E-state index contributed by atoms with van der Waals surface area (Å²) in [5, 5.41) is 11.1. The van der Waals surface area contributed by atoms with Crippen LogP contribution in [0.15, 0.2) is 0 Å². The van der Waals surface area contributed by atoms with Crippen LogP contribution in [0.5, 0.6) is 0 Å². The zero-order valence-electron chi connectivity index (χ0n) is 11.6. The van der Waals surface area contributed by atoms with E-state index in [-0.39, 0.29) is 11.0 Å². The van der Waals surface area contributed by atoms with Gasteiger partial charge in [-0.25, -0.2) is 4.79 Å². The molecule has 0 aliphatic rings. The largest absolute Gasteiger partial charge is 0.480 e. The van der Waals surface area contributed by atoms with Gasteiger partial charge in [0, 0.05) is 25.8 Å². The number of thioether (sulfide) groups is 1. The summed E-state index contributed by atoms with van der Waals surface area (Å²) in [6.07, 6.45) is 1.72. The molecule has 1 unspecified atom stereocenters. The maximum absolute atomic E-state index is 11.9. The molecule has 0 rings (SSSR count). The van der Waals surface area contributed by atoms with E-state index in [9.17, 15) is 14.4 Å². The van der Waals surface area contributed by atoms with Gasteiger partial charge >= 0.3 is 5.97 Å². The number of hydrogen-bond donors (Lipinski definition) is 2. The molecule has 2 amide bonds. The third-order valence-corrected chi connectivity index (χ3v) is 3.30. The Balaban J connectivity index is 4.35. The maximum Gasteiger partial charge on any atom is 0.327 e. The van der Waals surface area contributed by atoms with Gasteiger partial charge in [-0.1, -0.05) is 25.6 Å². The number of carbonyl (C=O) groups excluding carboxylic acids is 2. The van der Waals surface area contributed by atoms with Crippen LogP contribution in [0.1, 0.15) is 33.6 Å². The van der Waals surface area contributed by atoms with Crippen molar-refractivity contribution in [2.45, 2.75) is 39.7 Å². The van der Waals surface area contributed by atoms with Gasteiger partial charge in [0.25, 0.3) is 5.24 Å². The van der Waals surface area contributed by atoms with Crippen molar-refractivity contribution in [3.63, 3.8) is 0 Å². The normalized spacial score (nSPS) is 11.7. The van der Waals surface area contributed by atoms with Crippen LogP contribution >= 0.6 is 11.8 Å². The summed E-state index contributed by atoms with van der Waals surface area (Å²) in [5.41, 5.74) is 0. The van der Waals surface area contributed by atoms with Crippen molar-refractivity contribution in [1.82, 2.24) is 10.2 Å². The van der Waals surface area contributed by atoms with Gasteiger partial charge in [0.2, 0.25) is 5.91 Å². The average Bonchev–Trinajstić information content (AvgIpc) is 2.33. The monoisotopic (exact) mass is 290 g/mol. The Labute approximate surface area is 117 Å². The van der Waals surface area contributed by atoms with E-state index < -0.39 is 17.9 Å². The number of carbonyl (C=O) groups is 3. The third kappa shape index (κ3) is 7.71. The highest BCUT2D eigenvalue weighted by molar-refractivity contribution is 8.13. The van der Waals surface area contributed by atoms with Crippen molar-refractivity contribution in [3.8, 4) is 0 Å². The molecule has 0 fully saturated rings. The van der Waals surface area contributed by atoms with Gasteiger partial charge in [-0.15, -0.1) is 0 Å². The molecule has 2 N–H and O–H groups in total. The number of nitrogens with zero attached hydrogens (tertiary/aromatic N) is 1. The number of rotatable bonds is 8. The molecule has 0 aromatic rings. The zero-order valence-corrected chi connectivity index (χ0v) is 12.5. The SMILES string of the molecule is CCCN(CCC)C(=O)SCC(NC(C)=O)C(=O)O. The van der Waals surface area contributed by atoms with Gasteiger partial charge in [-0.2, -0.15) is 0 Å². The minimum atomic E-state index is -1.13. The standard InChI is InChI=1S/C12H22N2O4S/c1-4-6-14(7-5-2)12(18)19-8-10(11(16)17)13-9(3)15/h10H,4-8H2,1-3H3,(H,13,15)(H,16,17). The molecule has 0 aromatic heterocycles. The van der Waals surface area contributed by atoms with E-state index in [4.69, 9.17) is 5.11 Å². The summed E-state index contributed by atoms with van der Waals surface area (Å²) in [6.45, 7) is 6.55. The second-order valence-corrected chi connectivity index (χ2v) is 5.13. The number of carboxylic acid groups (broad SMARTS) is 1. The fraction of sp³-hybridized carbons (Fsp3) is 0.750. The highest BCUT2D eigenvalue weighted by atomic mass is 32.2. The van der Waals surface area contributed by atoms with E-state index in [0.29, 0.717) is 13.1 Å². The lowest BCUT2D eigenvalue weighted by Gasteiger charge is -2.21. The first-order valence-corrected chi connectivity index (χ1v) is 7.32. The van der Waals surface area contributed by atoms with E-state index in [0.717, 1.165) is 24.6 Å². The Kier molecular flexibility index (Phi) is 9.03. The number of nitrogens with one attached hydrogen (secondary N) is 1. The van der Waals surface area contributed by atoms with Gasteiger partial charge in [0.1, 0.15) is 6.04 Å². The minimum Gasteiger partial charge on any atom is -0.480 e. The first-order valence-electron chi connectivity index (χ1n) is 6.33. The van der Waals surface area contributed by atoms with E-state index in [1.165, 1.54) is 6.92 Å². The van der Waals surface area contributed by atoms with Crippen LogP contribution in [0.3, 0.4) is 0 Å². The summed E-state index contributed by atoms with van der Waals surface area (Å²) in [5.74, 6) is -1.51. The molecule has 0 bridgehead atoms. The lowest BCUT2D eigenvalue weighted by atomic mass is 10.3. The van der Waals surface area contributed by atoms with E-state index in [1.54, 1.807) is 4.90 Å². The zero-order chi connectivity index (χ0) is 14.8. The molecule has 7 heteroatoms. The molecule has 0 radical (unpaired) electrons. The molecule has 0 spiro atoms. The van der Waals surface area contributed by atoms with E-state index in [1.807, 2.05) is 13.8 Å². The lowest BCUT2D eigenvalue weighted by molar-refractivity contribution is -0.140. The molecule has 0 aliphatic heterocycles. The van der Waals surface area contributed by atoms with Crippen LogP contribution in [0.4, 0.5) is 4.79 Å². The molecular weight excluding hydrogens is 268 g/mol. The fourth-order valence-corrected chi connectivity index (χ4v) is 2.40. The highest BCUT2D eigenvalue weighted by Crippen LogP contribution is 2.12. The van der Waals surface area contributed by atoms with Crippen molar-refractivity contribution in [1.29, 1.82) is 0 Å². The van der Waals surface area contributed by atoms with Crippen molar-refractivity contribution >= 4 is 28.9 Å². The topological polar surface area (TPSA) is 86.7 Å². The fourth-order valence-electron chi connectivity index (χ4n) is 1.50. The summed E-state index contributed by atoms with van der Waals surface area (Å²) in [4.78, 5) is 35.4. The Bertz CT molecular complexity index is 317. The number of amides is 2. The lowest BCUT2D eigenvalue weighted by Crippen LogP contribution is -2.42. The first-order chi connectivity index (χ1) is 8.92. The summed E-state index contributed by atoms with van der Waals surface area (Å²) in [6, 6.07) is -1.03. The Hall–Kier alpha value is -1.24. The van der Waals surface area contributed by atoms with Crippen molar-refractivity contribution in [2.24, 2.45) is 0 Å². The molecule has 0 aromatic carbocycles. The third-order valence-electron chi connectivity index (χ3n) is 2.29. The molecule has 0 saturated carbocycles. The molecule has 0 heterocycles. The summed E-state index contributed by atoms with van der Waals surface area (Å²) >= 11 is 0.934. The first kappa shape index (κ1) is 17.8. The van der Waals surface area contributed by atoms with Crippen LogP contribution in [0, 0.1) is 0 Å². The van der Waals surface area contributed by atoms with Gasteiger partial charge in [-0.3, -0.25) is 9.59 Å². The Morgan fingerprint density at radius 2 is 1.74 bits per heavy atom. The Morgan fingerprint density at radius 3 is 2.11 bits per heavy atom. The summed E-state index contributed by atoms with van der Waals surface area (Å²) in [7, 11) is 0. The molecule has 19 heavy (non-hydrogen) atoms. The second-order valence-electron chi connectivity index (χ2n) is 4.16. The van der Waals surface area contributed by atoms with Gasteiger partial charge in [-0.05, 0) is 12.8 Å². The predicted molar refractivity (Wildman–Crippen MR) is 75.2 cm³/mol. The maximum atomic E-state index is 11.9. The smallest absolute Gasteiger partial charge is 0.327 e. The summed E-state index contributed by atoms with van der Waals surface area (Å²) < 4.78 is 0. The Morgan fingerprint density at radius 1 is 1.21 bits per heavy atom. The molecule has 6 nitrogen and oxygen atoms in total. The van der Waals surface area contributed by atoms with Gasteiger partial charge in [0.05, 0.1) is 0 Å². The predicted octanol–water partition coefficient (Wildman–Crippen LogP) is 1.55. The number of carboxylic acids is 1. The van der Waals surface area contributed by atoms with Crippen molar-refractivity contribution in [3.05, 3.63) is 0 Å². The molecular formula is C12H22N2O4S. The minimum absolute atomic E-state index is 0.0394. The van der Waals surface area contributed by atoms with Gasteiger partial charge < -0.3 is 15.3 Å². The average molecular weight is 290 g/mol. The highest BCUT2D eigenvalue weighted by Gasteiger charge is 2.21. The van der Waals surface area contributed by atoms with Crippen LogP contribution in [0.2, 0.25) is 0 Å². The van der Waals surface area contributed by atoms with Crippen molar-refractivity contribution < 1.29 is 19.5 Å². The van der Waals surface area contributed by atoms with Crippen molar-refractivity contribution in [2.75, 3.05) is 18.8 Å². The van der Waals surface area contributed by atoms with Crippen LogP contribution < -0.4 is 5.32 Å². The molecule has 1 atom stereocenters. The quantitative estimate of drug-likeness (QED) is 0.708. The molecule has 0 aliphatic carbocycles. The number of aliphatic carboxylic acids is 1. The van der Waals surface area contributed by atoms with Crippen LogP contribution in [-0.2, 0) is 9.59 Å². The molecule has 110 valence electrons. The van der Waals surface area contributed by atoms with E-state index >= 15 is 0 Å². The van der Waals surface area contributed by atoms with Crippen LogP contribution in [0.25, 0.3) is 0 Å². The van der Waals surface area contributed by atoms with Crippen LogP contribution in [-0.4, -0.2) is 52.0 Å². The second kappa shape index (κ2) is 9.66. The number of hydrogen-bond acceptors (Lipinski definition) is 4.